The van der Waals surface area contributed by atoms with Crippen molar-refractivity contribution in [1.29, 1.82) is 0 Å². The van der Waals surface area contributed by atoms with Gasteiger partial charge < -0.3 is 10.2 Å². The normalized spacial score (nSPS) is 15.0. The van der Waals surface area contributed by atoms with Crippen LogP contribution >= 0.6 is 11.3 Å². The molecule has 2 aromatic heterocycles. The molecule has 0 aliphatic carbocycles. The zero-order valence-corrected chi connectivity index (χ0v) is 16.2. The first kappa shape index (κ1) is 18.6. The average Bonchev–Trinajstić information content (AvgIpc) is 3.36. The molecule has 1 saturated heterocycles. The molecule has 1 aliphatic heterocycles. The number of aromatic nitrogens is 2. The SMILES string of the molecule is O=C(CN1CCN(c2ccc(F)cc2)CC1)Nc1ccnn1Cc1cccs1. The summed E-state index contributed by atoms with van der Waals surface area (Å²) < 4.78 is 14.9. The van der Waals surface area contributed by atoms with E-state index >= 15 is 0 Å². The van der Waals surface area contributed by atoms with E-state index in [1.165, 1.54) is 17.0 Å². The lowest BCUT2D eigenvalue weighted by Crippen LogP contribution is -2.48. The predicted molar refractivity (Wildman–Crippen MR) is 109 cm³/mol. The first-order valence-electron chi connectivity index (χ1n) is 9.24. The number of nitrogens with zero attached hydrogens (tertiary/aromatic N) is 4. The average molecular weight is 399 g/mol. The van der Waals surface area contributed by atoms with Crippen LogP contribution < -0.4 is 10.2 Å². The van der Waals surface area contributed by atoms with E-state index in [1.54, 1.807) is 34.3 Å². The summed E-state index contributed by atoms with van der Waals surface area (Å²) in [4.78, 5) is 18.0. The van der Waals surface area contributed by atoms with E-state index in [1.807, 2.05) is 17.5 Å². The van der Waals surface area contributed by atoms with Crippen molar-refractivity contribution in [2.75, 3.05) is 42.9 Å². The van der Waals surface area contributed by atoms with Crippen molar-refractivity contribution in [1.82, 2.24) is 14.7 Å². The lowest BCUT2D eigenvalue weighted by Gasteiger charge is -2.35. The quantitative estimate of drug-likeness (QED) is 0.693. The highest BCUT2D eigenvalue weighted by Gasteiger charge is 2.20. The number of piperazine rings is 1. The Labute approximate surface area is 167 Å². The molecule has 0 bridgehead atoms. The van der Waals surface area contributed by atoms with Gasteiger partial charge in [-0.15, -0.1) is 11.3 Å². The van der Waals surface area contributed by atoms with Crippen LogP contribution in [0.25, 0.3) is 0 Å². The Balaban J connectivity index is 1.27. The summed E-state index contributed by atoms with van der Waals surface area (Å²) in [6, 6.07) is 12.4. The third-order valence-corrected chi connectivity index (χ3v) is 5.66. The van der Waals surface area contributed by atoms with Crippen molar-refractivity contribution < 1.29 is 9.18 Å². The van der Waals surface area contributed by atoms with Gasteiger partial charge >= 0.3 is 0 Å². The van der Waals surface area contributed by atoms with Gasteiger partial charge in [0.15, 0.2) is 0 Å². The Bertz CT molecular complexity index is 901. The van der Waals surface area contributed by atoms with Gasteiger partial charge in [-0.05, 0) is 35.7 Å². The van der Waals surface area contributed by atoms with Crippen LogP contribution in [0, 0.1) is 5.82 Å². The molecule has 1 aliphatic rings. The van der Waals surface area contributed by atoms with E-state index in [0.717, 1.165) is 31.9 Å². The summed E-state index contributed by atoms with van der Waals surface area (Å²) in [5, 5.41) is 9.30. The Morgan fingerprint density at radius 3 is 2.61 bits per heavy atom. The van der Waals surface area contributed by atoms with Gasteiger partial charge in [0.05, 0.1) is 19.3 Å². The first-order valence-corrected chi connectivity index (χ1v) is 10.1. The molecule has 0 saturated carbocycles. The van der Waals surface area contributed by atoms with Crippen LogP contribution in [0.15, 0.2) is 54.0 Å². The summed E-state index contributed by atoms with van der Waals surface area (Å²) >= 11 is 1.67. The van der Waals surface area contributed by atoms with Gasteiger partial charge in [0.2, 0.25) is 5.91 Å². The number of carbonyl (C=O) groups excluding carboxylic acids is 1. The molecule has 3 heterocycles. The predicted octanol–water partition coefficient (Wildman–Crippen LogP) is 2.89. The van der Waals surface area contributed by atoms with Gasteiger partial charge in [0.25, 0.3) is 0 Å². The maximum Gasteiger partial charge on any atom is 0.239 e. The number of carbonyl (C=O) groups is 1. The number of anilines is 2. The molecule has 8 heteroatoms. The maximum atomic E-state index is 13.1. The van der Waals surface area contributed by atoms with Crippen molar-refractivity contribution in [3.05, 3.63) is 64.7 Å². The number of thiophene rings is 1. The molecule has 1 N–H and O–H groups in total. The smallest absolute Gasteiger partial charge is 0.239 e. The molecule has 4 rings (SSSR count). The summed E-state index contributed by atoms with van der Waals surface area (Å²) in [6.07, 6.45) is 1.70. The molecule has 1 amide bonds. The highest BCUT2D eigenvalue weighted by atomic mass is 32.1. The van der Waals surface area contributed by atoms with Crippen LogP contribution in [0.4, 0.5) is 15.9 Å². The molecule has 146 valence electrons. The number of benzene rings is 1. The largest absolute Gasteiger partial charge is 0.369 e. The maximum absolute atomic E-state index is 13.1. The molecule has 1 fully saturated rings. The molecule has 6 nitrogen and oxygen atoms in total. The Morgan fingerprint density at radius 1 is 1.11 bits per heavy atom. The first-order chi connectivity index (χ1) is 13.7. The summed E-state index contributed by atoms with van der Waals surface area (Å²) in [5.41, 5.74) is 1.02. The van der Waals surface area contributed by atoms with Crippen LogP contribution in [-0.4, -0.2) is 53.3 Å². The third-order valence-electron chi connectivity index (χ3n) is 4.80. The van der Waals surface area contributed by atoms with Crippen LogP contribution in [-0.2, 0) is 11.3 Å². The fourth-order valence-corrected chi connectivity index (χ4v) is 4.00. The van der Waals surface area contributed by atoms with E-state index in [-0.39, 0.29) is 11.7 Å². The fourth-order valence-electron chi connectivity index (χ4n) is 3.32. The Morgan fingerprint density at radius 2 is 1.89 bits per heavy atom. The van der Waals surface area contributed by atoms with Crippen molar-refractivity contribution in [2.45, 2.75) is 6.54 Å². The zero-order valence-electron chi connectivity index (χ0n) is 15.4. The van der Waals surface area contributed by atoms with Crippen LogP contribution in [0.3, 0.4) is 0 Å². The Hall–Kier alpha value is -2.71. The molecular formula is C20H22FN5OS. The number of amides is 1. The molecular weight excluding hydrogens is 377 g/mol. The topological polar surface area (TPSA) is 53.4 Å². The minimum atomic E-state index is -0.225. The lowest BCUT2D eigenvalue weighted by molar-refractivity contribution is -0.117. The second-order valence-corrected chi connectivity index (χ2v) is 7.77. The van der Waals surface area contributed by atoms with Gasteiger partial charge in [0.1, 0.15) is 11.6 Å². The van der Waals surface area contributed by atoms with Gasteiger partial charge in [-0.2, -0.15) is 5.10 Å². The van der Waals surface area contributed by atoms with E-state index < -0.39 is 0 Å². The second-order valence-electron chi connectivity index (χ2n) is 6.74. The molecule has 0 radical (unpaired) electrons. The molecule has 0 unspecified atom stereocenters. The molecule has 1 aromatic carbocycles. The second kappa shape index (κ2) is 8.53. The number of nitrogens with one attached hydrogen (secondary N) is 1. The van der Waals surface area contributed by atoms with Crippen molar-refractivity contribution in [2.24, 2.45) is 0 Å². The van der Waals surface area contributed by atoms with E-state index in [4.69, 9.17) is 0 Å². The van der Waals surface area contributed by atoms with E-state index in [2.05, 4.69) is 26.3 Å². The number of rotatable bonds is 6. The lowest BCUT2D eigenvalue weighted by atomic mass is 10.2. The standard InChI is InChI=1S/C20H22FN5OS/c21-16-3-5-17(6-4-16)25-11-9-24(10-12-25)15-20(27)23-19-7-8-22-26(19)14-18-2-1-13-28-18/h1-8,13H,9-12,14-15H2,(H,23,27). The van der Waals surface area contributed by atoms with Gasteiger partial charge in [0, 0.05) is 42.8 Å². The molecule has 0 spiro atoms. The molecule has 28 heavy (non-hydrogen) atoms. The molecule has 3 aromatic rings. The minimum Gasteiger partial charge on any atom is -0.369 e. The van der Waals surface area contributed by atoms with E-state index in [9.17, 15) is 9.18 Å². The fraction of sp³-hybridized carbons (Fsp3) is 0.300. The highest BCUT2D eigenvalue weighted by Crippen LogP contribution is 2.17. The third kappa shape index (κ3) is 4.58. The van der Waals surface area contributed by atoms with Crippen LogP contribution in [0.2, 0.25) is 0 Å². The number of hydrogen-bond donors (Lipinski definition) is 1. The minimum absolute atomic E-state index is 0.0387. The van der Waals surface area contributed by atoms with Crippen LogP contribution in [0.5, 0.6) is 0 Å². The summed E-state index contributed by atoms with van der Waals surface area (Å²) in [7, 11) is 0. The number of halogens is 1. The van der Waals surface area contributed by atoms with E-state index in [0.29, 0.717) is 18.9 Å². The zero-order chi connectivity index (χ0) is 19.3. The van der Waals surface area contributed by atoms with Crippen molar-refractivity contribution in [3.63, 3.8) is 0 Å². The van der Waals surface area contributed by atoms with Crippen molar-refractivity contribution >= 4 is 28.7 Å². The Kier molecular flexibility index (Phi) is 5.68. The summed E-state index contributed by atoms with van der Waals surface area (Å²) in [6.45, 7) is 4.21. The number of hydrogen-bond acceptors (Lipinski definition) is 5. The molecule has 0 atom stereocenters. The summed E-state index contributed by atoms with van der Waals surface area (Å²) in [5.74, 6) is 0.448. The van der Waals surface area contributed by atoms with Gasteiger partial charge in [-0.3, -0.25) is 9.69 Å². The van der Waals surface area contributed by atoms with Gasteiger partial charge in [-0.1, -0.05) is 6.07 Å². The van der Waals surface area contributed by atoms with Gasteiger partial charge in [-0.25, -0.2) is 9.07 Å². The van der Waals surface area contributed by atoms with Crippen LogP contribution in [0.1, 0.15) is 4.88 Å². The van der Waals surface area contributed by atoms with Crippen molar-refractivity contribution in [3.8, 4) is 0 Å². The highest BCUT2D eigenvalue weighted by molar-refractivity contribution is 7.09. The monoisotopic (exact) mass is 399 g/mol.